The molecule has 1 fully saturated rings. The topological polar surface area (TPSA) is 55.4 Å². The van der Waals surface area contributed by atoms with Crippen molar-refractivity contribution in [3.63, 3.8) is 0 Å². The second kappa shape index (κ2) is 6.03. The fraction of sp³-hybridized carbons (Fsp3) is 0.846. The quantitative estimate of drug-likeness (QED) is 0.748. The molecule has 4 nitrogen and oxygen atoms in total. The molecule has 0 bridgehead atoms. The van der Waals surface area contributed by atoms with Gasteiger partial charge in [0.1, 0.15) is 6.54 Å². The Morgan fingerprint density at radius 3 is 2.35 bits per heavy atom. The first kappa shape index (κ1) is 14.0. The highest BCUT2D eigenvalue weighted by molar-refractivity contribution is 5.86. The zero-order valence-electron chi connectivity index (χ0n) is 11.0. The smallest absolute Gasteiger partial charge is 0.325 e. The van der Waals surface area contributed by atoms with Crippen LogP contribution in [-0.4, -0.2) is 25.5 Å². The predicted octanol–water partition coefficient (Wildman–Crippen LogP) is 1.88. The van der Waals surface area contributed by atoms with E-state index in [2.05, 4.69) is 23.9 Å². The van der Waals surface area contributed by atoms with E-state index in [0.717, 1.165) is 32.1 Å². The van der Waals surface area contributed by atoms with Crippen molar-refractivity contribution in [2.75, 3.05) is 13.7 Å². The van der Waals surface area contributed by atoms with Gasteiger partial charge in [0.05, 0.1) is 7.11 Å². The zero-order chi connectivity index (χ0) is 12.9. The summed E-state index contributed by atoms with van der Waals surface area (Å²) in [5, 5.41) is 2.71. The third kappa shape index (κ3) is 3.72. The summed E-state index contributed by atoms with van der Waals surface area (Å²) in [6.07, 6.45) is 5.01. The molecule has 1 N–H and O–H groups in total. The van der Waals surface area contributed by atoms with E-state index >= 15 is 0 Å². The number of ether oxygens (including phenoxy) is 1. The Kier molecular flexibility index (Phi) is 4.97. The number of amides is 1. The molecule has 1 saturated carbocycles. The summed E-state index contributed by atoms with van der Waals surface area (Å²) in [5.74, 6) is 0.127. The highest BCUT2D eigenvalue weighted by atomic mass is 16.5. The van der Waals surface area contributed by atoms with Gasteiger partial charge >= 0.3 is 5.97 Å². The van der Waals surface area contributed by atoms with Gasteiger partial charge in [0.15, 0.2) is 0 Å². The number of hydrogen-bond donors (Lipinski definition) is 1. The first-order chi connectivity index (χ1) is 8.00. The summed E-state index contributed by atoms with van der Waals surface area (Å²) < 4.78 is 4.52. The maximum atomic E-state index is 12.2. The SMILES string of the molecule is COC(=O)CNC(=O)C1(CC(C)C)CCCC1. The van der Waals surface area contributed by atoms with Gasteiger partial charge in [-0.3, -0.25) is 9.59 Å². The van der Waals surface area contributed by atoms with Crippen molar-refractivity contribution in [3.05, 3.63) is 0 Å². The molecule has 0 aromatic rings. The van der Waals surface area contributed by atoms with Crippen LogP contribution in [0.4, 0.5) is 0 Å². The molecule has 0 spiro atoms. The second-order valence-corrected chi connectivity index (χ2v) is 5.34. The Labute approximate surface area is 103 Å². The maximum absolute atomic E-state index is 12.2. The lowest BCUT2D eigenvalue weighted by Crippen LogP contribution is -2.42. The van der Waals surface area contributed by atoms with E-state index in [0.29, 0.717) is 5.92 Å². The first-order valence-corrected chi connectivity index (χ1v) is 6.35. The minimum Gasteiger partial charge on any atom is -0.468 e. The van der Waals surface area contributed by atoms with E-state index in [1.165, 1.54) is 7.11 Å². The monoisotopic (exact) mass is 241 g/mol. The van der Waals surface area contributed by atoms with Crippen molar-refractivity contribution >= 4 is 11.9 Å². The highest BCUT2D eigenvalue weighted by Gasteiger charge is 2.41. The van der Waals surface area contributed by atoms with Crippen LogP contribution in [0.15, 0.2) is 0 Å². The minimum absolute atomic E-state index is 0.0187. The van der Waals surface area contributed by atoms with Crippen molar-refractivity contribution < 1.29 is 14.3 Å². The molecule has 1 rings (SSSR count). The molecular formula is C13H23NO3. The summed E-state index contributed by atoms with van der Waals surface area (Å²) in [7, 11) is 1.33. The van der Waals surface area contributed by atoms with Crippen LogP contribution in [-0.2, 0) is 14.3 Å². The second-order valence-electron chi connectivity index (χ2n) is 5.34. The van der Waals surface area contributed by atoms with Gasteiger partial charge in [-0.15, -0.1) is 0 Å². The van der Waals surface area contributed by atoms with Crippen LogP contribution < -0.4 is 5.32 Å². The van der Waals surface area contributed by atoms with Gasteiger partial charge in [0, 0.05) is 5.41 Å². The molecule has 0 aromatic carbocycles. The van der Waals surface area contributed by atoms with Crippen molar-refractivity contribution in [2.45, 2.75) is 46.0 Å². The van der Waals surface area contributed by atoms with Crippen LogP contribution in [0.25, 0.3) is 0 Å². The van der Waals surface area contributed by atoms with E-state index in [1.54, 1.807) is 0 Å². The van der Waals surface area contributed by atoms with Crippen LogP contribution in [0.3, 0.4) is 0 Å². The molecule has 0 aromatic heterocycles. The summed E-state index contributed by atoms with van der Waals surface area (Å²) >= 11 is 0. The van der Waals surface area contributed by atoms with Crippen LogP contribution in [0, 0.1) is 11.3 Å². The molecule has 0 unspecified atom stereocenters. The fourth-order valence-electron chi connectivity index (χ4n) is 2.77. The molecular weight excluding hydrogens is 218 g/mol. The Morgan fingerprint density at radius 2 is 1.88 bits per heavy atom. The normalized spacial score (nSPS) is 18.1. The van der Waals surface area contributed by atoms with Gasteiger partial charge in [-0.1, -0.05) is 26.7 Å². The number of nitrogens with one attached hydrogen (secondary N) is 1. The average molecular weight is 241 g/mol. The molecule has 98 valence electrons. The van der Waals surface area contributed by atoms with E-state index in [1.807, 2.05) is 0 Å². The van der Waals surface area contributed by atoms with Crippen LogP contribution in [0.2, 0.25) is 0 Å². The van der Waals surface area contributed by atoms with Crippen molar-refractivity contribution in [2.24, 2.45) is 11.3 Å². The highest BCUT2D eigenvalue weighted by Crippen LogP contribution is 2.43. The van der Waals surface area contributed by atoms with Crippen molar-refractivity contribution in [3.8, 4) is 0 Å². The predicted molar refractivity (Wildman–Crippen MR) is 65.4 cm³/mol. The number of rotatable bonds is 5. The lowest BCUT2D eigenvalue weighted by molar-refractivity contribution is -0.143. The lowest BCUT2D eigenvalue weighted by Gasteiger charge is -2.29. The van der Waals surface area contributed by atoms with Crippen LogP contribution in [0.1, 0.15) is 46.0 Å². The molecule has 0 saturated heterocycles. The minimum atomic E-state index is -0.393. The molecule has 0 radical (unpaired) electrons. The van der Waals surface area contributed by atoms with Crippen molar-refractivity contribution in [1.29, 1.82) is 0 Å². The van der Waals surface area contributed by atoms with Gasteiger partial charge in [-0.2, -0.15) is 0 Å². The number of esters is 1. The van der Waals surface area contributed by atoms with E-state index in [4.69, 9.17) is 0 Å². The molecule has 1 aliphatic carbocycles. The third-order valence-corrected chi connectivity index (χ3v) is 3.46. The molecule has 17 heavy (non-hydrogen) atoms. The van der Waals surface area contributed by atoms with Crippen LogP contribution in [0.5, 0.6) is 0 Å². The van der Waals surface area contributed by atoms with Gasteiger partial charge in [0.25, 0.3) is 0 Å². The third-order valence-electron chi connectivity index (χ3n) is 3.46. The number of carbonyl (C=O) groups is 2. The number of hydrogen-bond acceptors (Lipinski definition) is 3. The molecule has 0 heterocycles. The van der Waals surface area contributed by atoms with E-state index in [-0.39, 0.29) is 17.9 Å². The summed E-state index contributed by atoms with van der Waals surface area (Å²) in [6.45, 7) is 4.25. The summed E-state index contributed by atoms with van der Waals surface area (Å²) in [4.78, 5) is 23.2. The van der Waals surface area contributed by atoms with Gasteiger partial charge in [-0.25, -0.2) is 0 Å². The van der Waals surface area contributed by atoms with E-state index in [9.17, 15) is 9.59 Å². The van der Waals surface area contributed by atoms with Crippen LogP contribution >= 0.6 is 0 Å². The molecule has 0 aliphatic heterocycles. The lowest BCUT2D eigenvalue weighted by atomic mass is 9.77. The van der Waals surface area contributed by atoms with Crippen molar-refractivity contribution in [1.82, 2.24) is 5.32 Å². The zero-order valence-corrected chi connectivity index (χ0v) is 11.0. The Balaban J connectivity index is 2.58. The van der Waals surface area contributed by atoms with E-state index < -0.39 is 5.97 Å². The molecule has 0 atom stereocenters. The maximum Gasteiger partial charge on any atom is 0.325 e. The Morgan fingerprint density at radius 1 is 1.29 bits per heavy atom. The van der Waals surface area contributed by atoms with Gasteiger partial charge in [-0.05, 0) is 25.2 Å². The van der Waals surface area contributed by atoms with Gasteiger partial charge in [0.2, 0.25) is 5.91 Å². The Hall–Kier alpha value is -1.06. The number of carbonyl (C=O) groups excluding carboxylic acids is 2. The number of methoxy groups -OCH3 is 1. The summed E-state index contributed by atoms with van der Waals surface area (Å²) in [5.41, 5.74) is -0.248. The first-order valence-electron chi connectivity index (χ1n) is 6.35. The molecule has 1 amide bonds. The Bertz CT molecular complexity index is 280. The fourth-order valence-corrected chi connectivity index (χ4v) is 2.77. The largest absolute Gasteiger partial charge is 0.468 e. The molecule has 1 aliphatic rings. The molecule has 4 heteroatoms. The standard InChI is InChI=1S/C13H23NO3/c1-10(2)8-13(6-4-5-7-13)12(16)14-9-11(15)17-3/h10H,4-9H2,1-3H3,(H,14,16). The van der Waals surface area contributed by atoms with Gasteiger partial charge < -0.3 is 10.1 Å². The average Bonchev–Trinajstić information content (AvgIpc) is 2.74. The summed E-state index contributed by atoms with van der Waals surface area (Å²) in [6, 6.07) is 0.